The molecule has 0 saturated heterocycles. The lowest BCUT2D eigenvalue weighted by Gasteiger charge is -2.21. The minimum atomic E-state index is -0.133. The predicted octanol–water partition coefficient (Wildman–Crippen LogP) is 4.33. The van der Waals surface area contributed by atoms with Gasteiger partial charge in [0.2, 0.25) is 5.91 Å². The minimum absolute atomic E-state index is 0.133. The predicted molar refractivity (Wildman–Crippen MR) is 114 cm³/mol. The number of aromatic hydroxyl groups is 1. The average molecular weight is 387 g/mol. The molecule has 0 saturated carbocycles. The molecule has 148 valence electrons. The Morgan fingerprint density at radius 3 is 2.59 bits per heavy atom. The zero-order valence-electron chi connectivity index (χ0n) is 16.8. The van der Waals surface area contributed by atoms with Gasteiger partial charge in [-0.3, -0.25) is 4.79 Å². The van der Waals surface area contributed by atoms with Crippen LogP contribution in [0.5, 0.6) is 5.75 Å². The smallest absolute Gasteiger partial charge is 0.229 e. The Bertz CT molecular complexity index is 1040. The molecule has 1 aliphatic carbocycles. The summed E-state index contributed by atoms with van der Waals surface area (Å²) in [5.41, 5.74) is 6.00. The highest BCUT2D eigenvalue weighted by Gasteiger charge is 2.22. The summed E-state index contributed by atoms with van der Waals surface area (Å²) in [6, 6.07) is 15.0. The molecule has 0 atom stereocenters. The number of hydrogen-bond acceptors (Lipinski definition) is 4. The number of fused-ring (bicyclic) bond motifs is 3. The van der Waals surface area contributed by atoms with Gasteiger partial charge in [0.1, 0.15) is 5.75 Å². The molecule has 0 unspecified atom stereocenters. The van der Waals surface area contributed by atoms with E-state index in [2.05, 4.69) is 37.4 Å². The Hall–Kier alpha value is -3.21. The molecule has 0 radical (unpaired) electrons. The van der Waals surface area contributed by atoms with Gasteiger partial charge in [0.05, 0.1) is 23.5 Å². The van der Waals surface area contributed by atoms with E-state index in [-0.39, 0.29) is 18.1 Å². The topological polar surface area (TPSA) is 75.1 Å². The van der Waals surface area contributed by atoms with E-state index in [1.807, 2.05) is 6.07 Å². The van der Waals surface area contributed by atoms with E-state index in [1.54, 1.807) is 24.3 Å². The fraction of sp³-hybridized carbons (Fsp3) is 0.292. The van der Waals surface area contributed by atoms with E-state index < -0.39 is 0 Å². The number of phenolic OH excluding ortho intramolecular Hbond substituents is 1. The molecule has 0 aliphatic heterocycles. The van der Waals surface area contributed by atoms with Crippen LogP contribution >= 0.6 is 0 Å². The first-order valence-corrected chi connectivity index (χ1v) is 10.1. The van der Waals surface area contributed by atoms with Crippen LogP contribution in [0.4, 0.5) is 5.82 Å². The normalized spacial score (nSPS) is 12.4. The number of aromatic nitrogens is 2. The number of rotatable bonds is 5. The molecule has 2 N–H and O–H groups in total. The van der Waals surface area contributed by atoms with Crippen molar-refractivity contribution in [1.82, 2.24) is 9.97 Å². The first-order chi connectivity index (χ1) is 14.0. The summed E-state index contributed by atoms with van der Waals surface area (Å²) >= 11 is 0. The molecule has 1 amide bonds. The SMILES string of the molecule is CC(C)Cc1nc2c(nc1NC(=O)Cc1ccc(O)cc1)CCc1ccccc1-2. The number of hydrogen-bond donors (Lipinski definition) is 2. The van der Waals surface area contributed by atoms with E-state index in [0.717, 1.165) is 47.5 Å². The molecule has 1 aromatic heterocycles. The van der Waals surface area contributed by atoms with E-state index >= 15 is 0 Å². The Labute approximate surface area is 170 Å². The maximum atomic E-state index is 12.6. The van der Waals surface area contributed by atoms with Crippen LogP contribution in [0, 0.1) is 5.92 Å². The van der Waals surface area contributed by atoms with E-state index in [0.29, 0.717) is 11.7 Å². The first kappa shape index (κ1) is 19.1. The van der Waals surface area contributed by atoms with Crippen molar-refractivity contribution in [3.8, 4) is 17.0 Å². The van der Waals surface area contributed by atoms with Crippen molar-refractivity contribution < 1.29 is 9.90 Å². The average Bonchev–Trinajstić information content (AvgIpc) is 2.70. The Kier molecular flexibility index (Phi) is 5.30. The second-order valence-electron chi connectivity index (χ2n) is 7.96. The van der Waals surface area contributed by atoms with Crippen LogP contribution in [0.25, 0.3) is 11.3 Å². The molecule has 0 spiro atoms. The lowest BCUT2D eigenvalue weighted by Crippen LogP contribution is -2.20. The van der Waals surface area contributed by atoms with E-state index in [1.165, 1.54) is 5.56 Å². The number of nitrogens with one attached hydrogen (secondary N) is 1. The van der Waals surface area contributed by atoms with Crippen molar-refractivity contribution in [2.24, 2.45) is 5.92 Å². The van der Waals surface area contributed by atoms with Gasteiger partial charge in [0.15, 0.2) is 5.82 Å². The van der Waals surface area contributed by atoms with Crippen LogP contribution in [-0.2, 0) is 30.5 Å². The summed E-state index contributed by atoms with van der Waals surface area (Å²) in [5, 5.41) is 12.4. The Balaban J connectivity index is 1.64. The fourth-order valence-corrected chi connectivity index (χ4v) is 3.72. The molecule has 3 aromatic rings. The number of amides is 1. The third-order valence-electron chi connectivity index (χ3n) is 5.10. The van der Waals surface area contributed by atoms with Crippen LogP contribution in [0.2, 0.25) is 0 Å². The minimum Gasteiger partial charge on any atom is -0.508 e. The van der Waals surface area contributed by atoms with Crippen LogP contribution in [0.15, 0.2) is 48.5 Å². The number of phenols is 1. The number of carbonyl (C=O) groups excluding carboxylic acids is 1. The molecular formula is C24H25N3O2. The van der Waals surface area contributed by atoms with Gasteiger partial charge in [0, 0.05) is 5.56 Å². The monoisotopic (exact) mass is 387 g/mol. The van der Waals surface area contributed by atoms with Gasteiger partial charge in [-0.15, -0.1) is 0 Å². The van der Waals surface area contributed by atoms with E-state index in [4.69, 9.17) is 9.97 Å². The third-order valence-corrected chi connectivity index (χ3v) is 5.10. The van der Waals surface area contributed by atoms with Gasteiger partial charge in [-0.2, -0.15) is 0 Å². The third kappa shape index (κ3) is 4.29. The summed E-state index contributed by atoms with van der Waals surface area (Å²) < 4.78 is 0. The molecule has 1 aliphatic rings. The van der Waals surface area contributed by atoms with Gasteiger partial charge in [0.25, 0.3) is 0 Å². The molecule has 1 heterocycles. The largest absolute Gasteiger partial charge is 0.508 e. The van der Waals surface area contributed by atoms with Crippen molar-refractivity contribution in [1.29, 1.82) is 0 Å². The van der Waals surface area contributed by atoms with Crippen molar-refractivity contribution in [3.05, 3.63) is 71.0 Å². The van der Waals surface area contributed by atoms with Crippen LogP contribution in [-0.4, -0.2) is 21.0 Å². The maximum Gasteiger partial charge on any atom is 0.229 e. The molecule has 5 heteroatoms. The lowest BCUT2D eigenvalue weighted by molar-refractivity contribution is -0.115. The van der Waals surface area contributed by atoms with Gasteiger partial charge >= 0.3 is 0 Å². The Morgan fingerprint density at radius 2 is 1.83 bits per heavy atom. The van der Waals surface area contributed by atoms with Crippen LogP contribution < -0.4 is 5.32 Å². The highest BCUT2D eigenvalue weighted by Crippen LogP contribution is 2.33. The van der Waals surface area contributed by atoms with Gasteiger partial charge in [-0.1, -0.05) is 50.2 Å². The van der Waals surface area contributed by atoms with Gasteiger partial charge in [-0.25, -0.2) is 9.97 Å². The molecule has 0 bridgehead atoms. The van der Waals surface area contributed by atoms with Gasteiger partial charge < -0.3 is 10.4 Å². The molecule has 2 aromatic carbocycles. The number of benzene rings is 2. The summed E-state index contributed by atoms with van der Waals surface area (Å²) in [6.07, 6.45) is 2.73. The van der Waals surface area contributed by atoms with E-state index in [9.17, 15) is 9.90 Å². The second kappa shape index (κ2) is 8.03. The highest BCUT2D eigenvalue weighted by molar-refractivity contribution is 5.92. The molecule has 0 fully saturated rings. The zero-order valence-corrected chi connectivity index (χ0v) is 16.8. The first-order valence-electron chi connectivity index (χ1n) is 10.1. The standard InChI is InChI=1S/C24H25N3O2/c1-15(2)13-21-24(27-22(29)14-16-7-10-18(28)11-8-16)26-20-12-9-17-5-3-4-6-19(17)23(20)25-21/h3-8,10-11,15,28H,9,12-14H2,1-2H3,(H,26,27,29). The summed E-state index contributed by atoms with van der Waals surface area (Å²) in [4.78, 5) is 22.4. The van der Waals surface area contributed by atoms with Crippen molar-refractivity contribution in [2.45, 2.75) is 39.5 Å². The summed E-state index contributed by atoms with van der Waals surface area (Å²) in [7, 11) is 0. The van der Waals surface area contributed by atoms with Crippen molar-refractivity contribution in [2.75, 3.05) is 5.32 Å². The number of anilines is 1. The van der Waals surface area contributed by atoms with Crippen molar-refractivity contribution in [3.63, 3.8) is 0 Å². The molecule has 5 nitrogen and oxygen atoms in total. The van der Waals surface area contributed by atoms with Crippen LogP contribution in [0.1, 0.15) is 36.4 Å². The number of carbonyl (C=O) groups is 1. The summed E-state index contributed by atoms with van der Waals surface area (Å²) in [5.74, 6) is 1.02. The molecule has 29 heavy (non-hydrogen) atoms. The molecule has 4 rings (SSSR count). The molecular weight excluding hydrogens is 362 g/mol. The summed E-state index contributed by atoms with van der Waals surface area (Å²) in [6.45, 7) is 4.27. The second-order valence-corrected chi connectivity index (χ2v) is 7.96. The fourth-order valence-electron chi connectivity index (χ4n) is 3.72. The van der Waals surface area contributed by atoms with Crippen LogP contribution in [0.3, 0.4) is 0 Å². The van der Waals surface area contributed by atoms with Gasteiger partial charge in [-0.05, 0) is 48.4 Å². The highest BCUT2D eigenvalue weighted by atomic mass is 16.3. The zero-order chi connectivity index (χ0) is 20.4. The Morgan fingerprint density at radius 1 is 1.07 bits per heavy atom. The number of nitrogens with zero attached hydrogens (tertiary/aromatic N) is 2. The maximum absolute atomic E-state index is 12.6. The van der Waals surface area contributed by atoms with Crippen molar-refractivity contribution >= 4 is 11.7 Å². The lowest BCUT2D eigenvalue weighted by atomic mass is 9.91. The quantitative estimate of drug-likeness (QED) is 0.683. The number of aryl methyl sites for hydroxylation is 2.